The summed E-state index contributed by atoms with van der Waals surface area (Å²) in [6, 6.07) is 8.64. The van der Waals surface area contributed by atoms with Gasteiger partial charge in [-0.2, -0.15) is 0 Å². The van der Waals surface area contributed by atoms with Crippen molar-refractivity contribution in [3.63, 3.8) is 0 Å². The predicted molar refractivity (Wildman–Crippen MR) is 71.1 cm³/mol. The van der Waals surface area contributed by atoms with Crippen LogP contribution in [0.1, 0.15) is 18.4 Å². The standard InChI is InChI=1S/C14H20N2O/c1-17-9-3-2-7-15-11-12-4-5-14-13(10-12)6-8-16-14/h4-6,8,10,15-16H,2-3,7,9,11H2,1H3. The molecule has 0 bridgehead atoms. The molecule has 0 fully saturated rings. The van der Waals surface area contributed by atoms with E-state index < -0.39 is 0 Å². The number of aromatic nitrogens is 1. The highest BCUT2D eigenvalue weighted by Gasteiger charge is 1.97. The zero-order chi connectivity index (χ0) is 11.9. The lowest BCUT2D eigenvalue weighted by Gasteiger charge is -2.05. The fourth-order valence-electron chi connectivity index (χ4n) is 1.94. The molecule has 0 saturated heterocycles. The van der Waals surface area contributed by atoms with Gasteiger partial charge in [0.05, 0.1) is 0 Å². The number of benzene rings is 1. The lowest BCUT2D eigenvalue weighted by atomic mass is 10.1. The maximum Gasteiger partial charge on any atom is 0.0462 e. The summed E-state index contributed by atoms with van der Waals surface area (Å²) in [6.45, 7) is 2.85. The number of methoxy groups -OCH3 is 1. The van der Waals surface area contributed by atoms with Gasteiger partial charge in [-0.3, -0.25) is 0 Å². The third-order valence-corrected chi connectivity index (χ3v) is 2.90. The van der Waals surface area contributed by atoms with Crippen LogP contribution in [-0.2, 0) is 11.3 Å². The summed E-state index contributed by atoms with van der Waals surface area (Å²) in [5.74, 6) is 0. The predicted octanol–water partition coefficient (Wildman–Crippen LogP) is 2.68. The number of nitrogens with one attached hydrogen (secondary N) is 2. The summed E-state index contributed by atoms with van der Waals surface area (Å²) in [6.07, 6.45) is 4.27. The number of hydrogen-bond donors (Lipinski definition) is 2. The Morgan fingerprint density at radius 3 is 3.06 bits per heavy atom. The zero-order valence-corrected chi connectivity index (χ0v) is 10.3. The number of fused-ring (bicyclic) bond motifs is 1. The Kier molecular flexibility index (Phi) is 4.59. The number of H-pyrrole nitrogens is 1. The van der Waals surface area contributed by atoms with Crippen LogP contribution >= 0.6 is 0 Å². The van der Waals surface area contributed by atoms with Gasteiger partial charge in [-0.1, -0.05) is 6.07 Å². The maximum atomic E-state index is 5.01. The lowest BCUT2D eigenvalue weighted by Crippen LogP contribution is -2.15. The van der Waals surface area contributed by atoms with E-state index in [4.69, 9.17) is 4.74 Å². The van der Waals surface area contributed by atoms with E-state index in [1.807, 2.05) is 6.20 Å². The molecule has 2 rings (SSSR count). The molecular formula is C14H20N2O. The fourth-order valence-corrected chi connectivity index (χ4v) is 1.94. The highest BCUT2D eigenvalue weighted by Crippen LogP contribution is 2.13. The molecule has 2 aromatic rings. The van der Waals surface area contributed by atoms with E-state index in [0.29, 0.717) is 0 Å². The first-order valence-corrected chi connectivity index (χ1v) is 6.16. The molecule has 0 aliphatic rings. The molecule has 0 aliphatic carbocycles. The van der Waals surface area contributed by atoms with Gasteiger partial charge in [0.2, 0.25) is 0 Å². The van der Waals surface area contributed by atoms with E-state index in [1.54, 1.807) is 7.11 Å². The minimum atomic E-state index is 0.858. The van der Waals surface area contributed by atoms with Gasteiger partial charge in [0.25, 0.3) is 0 Å². The first-order chi connectivity index (χ1) is 8.40. The van der Waals surface area contributed by atoms with E-state index in [0.717, 1.165) is 26.1 Å². The van der Waals surface area contributed by atoms with Crippen molar-refractivity contribution in [2.24, 2.45) is 0 Å². The molecule has 3 heteroatoms. The second-order valence-corrected chi connectivity index (χ2v) is 4.28. The minimum Gasteiger partial charge on any atom is -0.385 e. The first-order valence-electron chi connectivity index (χ1n) is 6.16. The monoisotopic (exact) mass is 232 g/mol. The topological polar surface area (TPSA) is 37.0 Å². The zero-order valence-electron chi connectivity index (χ0n) is 10.3. The van der Waals surface area contributed by atoms with Crippen molar-refractivity contribution in [3.8, 4) is 0 Å². The quantitative estimate of drug-likeness (QED) is 0.720. The SMILES string of the molecule is COCCCCNCc1ccc2[nH]ccc2c1. The van der Waals surface area contributed by atoms with Crippen LogP contribution in [0.2, 0.25) is 0 Å². The molecule has 1 aromatic carbocycles. The molecular weight excluding hydrogens is 212 g/mol. The minimum absolute atomic E-state index is 0.858. The maximum absolute atomic E-state index is 5.01. The van der Waals surface area contributed by atoms with E-state index in [1.165, 1.54) is 22.9 Å². The number of unbranched alkanes of at least 4 members (excludes halogenated alkanes) is 1. The third-order valence-electron chi connectivity index (χ3n) is 2.90. The van der Waals surface area contributed by atoms with Crippen LogP contribution in [0.4, 0.5) is 0 Å². The van der Waals surface area contributed by atoms with Gasteiger partial charge >= 0.3 is 0 Å². The van der Waals surface area contributed by atoms with Gasteiger partial charge in [0.1, 0.15) is 0 Å². The van der Waals surface area contributed by atoms with Crippen molar-refractivity contribution in [2.75, 3.05) is 20.3 Å². The summed E-state index contributed by atoms with van der Waals surface area (Å²) in [5, 5.41) is 4.73. The lowest BCUT2D eigenvalue weighted by molar-refractivity contribution is 0.192. The molecule has 0 spiro atoms. The van der Waals surface area contributed by atoms with Gasteiger partial charge < -0.3 is 15.0 Å². The van der Waals surface area contributed by atoms with Crippen molar-refractivity contribution in [1.29, 1.82) is 0 Å². The molecule has 1 heterocycles. The van der Waals surface area contributed by atoms with Crippen LogP contribution in [0.25, 0.3) is 10.9 Å². The Balaban J connectivity index is 1.75. The van der Waals surface area contributed by atoms with Gasteiger partial charge in [0, 0.05) is 32.0 Å². The summed E-state index contributed by atoms with van der Waals surface area (Å²) in [7, 11) is 1.75. The number of rotatable bonds is 7. The summed E-state index contributed by atoms with van der Waals surface area (Å²) >= 11 is 0. The molecule has 17 heavy (non-hydrogen) atoms. The molecule has 0 radical (unpaired) electrons. The molecule has 1 aromatic heterocycles. The third kappa shape index (κ3) is 3.58. The van der Waals surface area contributed by atoms with Crippen LogP contribution in [0.3, 0.4) is 0 Å². The van der Waals surface area contributed by atoms with Crippen molar-refractivity contribution in [2.45, 2.75) is 19.4 Å². The number of hydrogen-bond acceptors (Lipinski definition) is 2. The van der Waals surface area contributed by atoms with E-state index in [-0.39, 0.29) is 0 Å². The van der Waals surface area contributed by atoms with Gasteiger partial charge in [-0.25, -0.2) is 0 Å². The normalized spacial score (nSPS) is 11.1. The number of ether oxygens (including phenoxy) is 1. The van der Waals surface area contributed by atoms with E-state index in [9.17, 15) is 0 Å². The molecule has 0 aliphatic heterocycles. The van der Waals surface area contributed by atoms with E-state index in [2.05, 4.69) is 34.6 Å². The van der Waals surface area contributed by atoms with Crippen LogP contribution in [0.15, 0.2) is 30.5 Å². The Morgan fingerprint density at radius 1 is 1.24 bits per heavy atom. The van der Waals surface area contributed by atoms with Crippen LogP contribution in [0, 0.1) is 0 Å². The van der Waals surface area contributed by atoms with Crippen LogP contribution in [-0.4, -0.2) is 25.2 Å². The van der Waals surface area contributed by atoms with Gasteiger partial charge in [0.15, 0.2) is 0 Å². The number of aromatic amines is 1. The van der Waals surface area contributed by atoms with Crippen molar-refractivity contribution in [1.82, 2.24) is 10.3 Å². The summed E-state index contributed by atoms with van der Waals surface area (Å²) < 4.78 is 5.01. The molecule has 0 atom stereocenters. The highest BCUT2D eigenvalue weighted by molar-refractivity contribution is 5.79. The molecule has 3 nitrogen and oxygen atoms in total. The van der Waals surface area contributed by atoms with Crippen molar-refractivity contribution in [3.05, 3.63) is 36.0 Å². The average Bonchev–Trinajstić information content (AvgIpc) is 2.81. The summed E-state index contributed by atoms with van der Waals surface area (Å²) in [4.78, 5) is 3.20. The Hall–Kier alpha value is -1.32. The van der Waals surface area contributed by atoms with Gasteiger partial charge in [-0.15, -0.1) is 0 Å². The van der Waals surface area contributed by atoms with Crippen LogP contribution in [0.5, 0.6) is 0 Å². The summed E-state index contributed by atoms with van der Waals surface area (Å²) in [5.41, 5.74) is 2.54. The molecule has 0 saturated carbocycles. The highest BCUT2D eigenvalue weighted by atomic mass is 16.5. The Bertz CT molecular complexity index is 450. The largest absolute Gasteiger partial charge is 0.385 e. The average molecular weight is 232 g/mol. The molecule has 0 unspecified atom stereocenters. The first kappa shape index (κ1) is 12.1. The van der Waals surface area contributed by atoms with Gasteiger partial charge in [-0.05, 0) is 48.5 Å². The Labute approximate surface area is 102 Å². The Morgan fingerprint density at radius 2 is 2.18 bits per heavy atom. The van der Waals surface area contributed by atoms with Crippen molar-refractivity contribution >= 4 is 10.9 Å². The second-order valence-electron chi connectivity index (χ2n) is 4.28. The second kappa shape index (κ2) is 6.42. The van der Waals surface area contributed by atoms with Crippen molar-refractivity contribution < 1.29 is 4.74 Å². The smallest absolute Gasteiger partial charge is 0.0462 e. The molecule has 0 amide bonds. The molecule has 2 N–H and O–H groups in total. The van der Waals surface area contributed by atoms with Crippen LogP contribution < -0.4 is 5.32 Å². The molecule has 92 valence electrons. The van der Waals surface area contributed by atoms with E-state index >= 15 is 0 Å². The fraction of sp³-hybridized carbons (Fsp3) is 0.429.